The molecule has 27 heavy (non-hydrogen) atoms. The van der Waals surface area contributed by atoms with Crippen molar-refractivity contribution < 1.29 is 14.5 Å². The molecule has 0 saturated carbocycles. The molecule has 0 spiro atoms. The van der Waals surface area contributed by atoms with Crippen molar-refractivity contribution in [2.24, 2.45) is 11.7 Å². The number of rotatable bonds is 7. The number of nitrogen functional groups attached to an aromatic ring is 1. The molecule has 10 nitrogen and oxygen atoms in total. The summed E-state index contributed by atoms with van der Waals surface area (Å²) in [4.78, 5) is 9.06. The summed E-state index contributed by atoms with van der Waals surface area (Å²) in [5.74, 6) is 1.34. The minimum Gasteiger partial charge on any atom is -0.489 e. The Morgan fingerprint density at radius 1 is 1.37 bits per heavy atom. The lowest BCUT2D eigenvalue weighted by molar-refractivity contribution is 0.0753. The van der Waals surface area contributed by atoms with Crippen molar-refractivity contribution in [3.05, 3.63) is 11.9 Å². The number of aliphatic hydroxyl groups is 1. The van der Waals surface area contributed by atoms with E-state index in [1.54, 1.807) is 20.0 Å². The van der Waals surface area contributed by atoms with E-state index in [1.165, 1.54) is 0 Å². The second kappa shape index (κ2) is 7.12. The molecule has 0 unspecified atom stereocenters. The van der Waals surface area contributed by atoms with Gasteiger partial charge >= 0.3 is 0 Å². The van der Waals surface area contributed by atoms with Crippen molar-refractivity contribution >= 4 is 16.9 Å². The van der Waals surface area contributed by atoms with Gasteiger partial charge in [0.15, 0.2) is 23.1 Å². The lowest BCUT2D eigenvalue weighted by atomic mass is 10.0. The lowest BCUT2D eigenvalue weighted by Gasteiger charge is -2.19. The number of nitrogens with zero attached hydrogens (tertiary/aromatic N) is 5. The van der Waals surface area contributed by atoms with Crippen LogP contribution in [0.5, 0.6) is 5.75 Å². The van der Waals surface area contributed by atoms with Crippen LogP contribution < -0.4 is 16.2 Å². The zero-order valence-electron chi connectivity index (χ0n) is 15.9. The monoisotopic (exact) mass is 375 g/mol. The Balaban J connectivity index is 2.26. The number of aryl methyl sites for hydroxylation is 1. The Bertz CT molecular complexity index is 942. The van der Waals surface area contributed by atoms with Gasteiger partial charge in [0, 0.05) is 12.5 Å². The van der Waals surface area contributed by atoms with Crippen LogP contribution in [0, 0.1) is 5.92 Å². The number of nitrogens with two attached hydrogens (primary N) is 2. The fourth-order valence-electron chi connectivity index (χ4n) is 2.81. The molecule has 3 rings (SSSR count). The van der Waals surface area contributed by atoms with E-state index in [0.717, 1.165) is 0 Å². The van der Waals surface area contributed by atoms with Gasteiger partial charge in [-0.25, -0.2) is 9.61 Å². The van der Waals surface area contributed by atoms with Crippen LogP contribution in [0.2, 0.25) is 0 Å². The average molecular weight is 375 g/mol. The molecule has 146 valence electrons. The molecule has 0 radical (unpaired) electrons. The molecule has 3 heterocycles. The van der Waals surface area contributed by atoms with Crippen LogP contribution in [0.15, 0.2) is 10.8 Å². The zero-order chi connectivity index (χ0) is 19.8. The van der Waals surface area contributed by atoms with Gasteiger partial charge in [-0.15, -0.1) is 0 Å². The van der Waals surface area contributed by atoms with Crippen LogP contribution >= 0.6 is 0 Å². The lowest BCUT2D eigenvalue weighted by Crippen LogP contribution is -2.20. The molecule has 0 bridgehead atoms. The minimum absolute atomic E-state index is 0.136. The van der Waals surface area contributed by atoms with Crippen molar-refractivity contribution in [3.8, 4) is 17.3 Å². The second-order valence-corrected chi connectivity index (χ2v) is 7.06. The van der Waals surface area contributed by atoms with Crippen LogP contribution in [0.4, 0.5) is 5.82 Å². The summed E-state index contributed by atoms with van der Waals surface area (Å²) in [5.41, 5.74) is 12.3. The highest BCUT2D eigenvalue weighted by atomic mass is 16.6. The first-order valence-electron chi connectivity index (χ1n) is 8.81. The van der Waals surface area contributed by atoms with Crippen molar-refractivity contribution in [2.45, 2.75) is 39.8 Å². The Labute approximate surface area is 156 Å². The summed E-state index contributed by atoms with van der Waals surface area (Å²) in [5, 5.41) is 18.0. The quantitative estimate of drug-likeness (QED) is 0.554. The molecule has 0 aliphatic rings. The van der Waals surface area contributed by atoms with Gasteiger partial charge in [0.2, 0.25) is 0 Å². The normalized spacial score (nSPS) is 13.3. The second-order valence-electron chi connectivity index (χ2n) is 7.06. The highest BCUT2D eigenvalue weighted by molar-refractivity contribution is 5.88. The first kappa shape index (κ1) is 19.1. The zero-order valence-corrected chi connectivity index (χ0v) is 15.9. The summed E-state index contributed by atoms with van der Waals surface area (Å²) in [6, 6.07) is 0. The molecular weight excluding hydrogens is 350 g/mol. The van der Waals surface area contributed by atoms with E-state index >= 15 is 0 Å². The van der Waals surface area contributed by atoms with E-state index in [4.69, 9.17) is 20.8 Å². The third-order valence-corrected chi connectivity index (χ3v) is 4.28. The number of hydrogen-bond acceptors (Lipinski definition) is 9. The molecular formula is C17H25N7O3. The Hall–Kier alpha value is -2.72. The molecule has 0 amide bonds. The maximum Gasteiger partial charge on any atom is 0.199 e. The molecule has 3 aromatic rings. The Kier molecular flexibility index (Phi) is 5.03. The maximum atomic E-state index is 10.6. The van der Waals surface area contributed by atoms with Gasteiger partial charge in [-0.2, -0.15) is 0 Å². The minimum atomic E-state index is -1.20. The van der Waals surface area contributed by atoms with Crippen molar-refractivity contribution in [1.82, 2.24) is 24.8 Å². The van der Waals surface area contributed by atoms with E-state index in [0.29, 0.717) is 53.7 Å². The number of pyridine rings is 1. The van der Waals surface area contributed by atoms with Gasteiger partial charge in [-0.1, -0.05) is 6.92 Å². The average Bonchev–Trinajstić information content (AvgIpc) is 3.21. The van der Waals surface area contributed by atoms with Crippen LogP contribution in [0.3, 0.4) is 0 Å². The van der Waals surface area contributed by atoms with Gasteiger partial charge in [-0.3, -0.25) is 4.98 Å². The fourth-order valence-corrected chi connectivity index (χ4v) is 2.81. The summed E-state index contributed by atoms with van der Waals surface area (Å²) in [7, 11) is 0. The van der Waals surface area contributed by atoms with Crippen LogP contribution in [0.1, 0.15) is 33.4 Å². The van der Waals surface area contributed by atoms with E-state index < -0.39 is 5.60 Å². The van der Waals surface area contributed by atoms with Crippen LogP contribution in [-0.4, -0.2) is 43.1 Å². The van der Waals surface area contributed by atoms with E-state index in [2.05, 4.69) is 20.3 Å². The number of imidazole rings is 1. The van der Waals surface area contributed by atoms with Gasteiger partial charge in [0.1, 0.15) is 16.6 Å². The Morgan fingerprint density at radius 2 is 2.11 bits per heavy atom. The van der Waals surface area contributed by atoms with E-state index in [1.807, 2.05) is 18.4 Å². The first-order chi connectivity index (χ1) is 12.8. The third-order valence-electron chi connectivity index (χ3n) is 4.28. The fraction of sp³-hybridized carbons (Fsp3) is 0.529. The highest BCUT2D eigenvalue weighted by Gasteiger charge is 2.28. The van der Waals surface area contributed by atoms with Crippen LogP contribution in [0.25, 0.3) is 22.6 Å². The number of aromatic nitrogens is 5. The molecule has 0 aliphatic heterocycles. The molecule has 3 aromatic heterocycles. The largest absolute Gasteiger partial charge is 0.489 e. The van der Waals surface area contributed by atoms with Crippen molar-refractivity contribution in [2.75, 3.05) is 18.9 Å². The van der Waals surface area contributed by atoms with E-state index in [-0.39, 0.29) is 11.7 Å². The van der Waals surface area contributed by atoms with Gasteiger partial charge in [0.25, 0.3) is 0 Å². The molecule has 0 fully saturated rings. The predicted octanol–water partition coefficient (Wildman–Crippen LogP) is 1.28. The van der Waals surface area contributed by atoms with Gasteiger partial charge in [0.05, 0.1) is 18.5 Å². The molecule has 10 heteroatoms. The van der Waals surface area contributed by atoms with Gasteiger partial charge < -0.3 is 25.9 Å². The summed E-state index contributed by atoms with van der Waals surface area (Å²) in [6.07, 6.45) is 1.60. The van der Waals surface area contributed by atoms with Crippen molar-refractivity contribution in [3.63, 3.8) is 0 Å². The van der Waals surface area contributed by atoms with Gasteiger partial charge in [-0.05, 0) is 37.6 Å². The predicted molar refractivity (Wildman–Crippen MR) is 99.9 cm³/mol. The smallest absolute Gasteiger partial charge is 0.199 e. The van der Waals surface area contributed by atoms with E-state index in [9.17, 15) is 5.11 Å². The molecule has 1 atom stereocenters. The number of anilines is 1. The number of ether oxygens (including phenoxy) is 1. The standard InChI is InChI=1S/C17H25N7O3/c1-5-24-13-10(26-8-9(2)6-18)7-20-14(17(3,4)25)11(13)21-16(24)12-15(19)23-27-22-12/h7,9,25H,5-6,8,18H2,1-4H3,(H2,19,23)/t9-/m0/s1. The first-order valence-corrected chi connectivity index (χ1v) is 8.81. The summed E-state index contributed by atoms with van der Waals surface area (Å²) < 4.78 is 12.6. The Morgan fingerprint density at radius 3 is 2.67 bits per heavy atom. The molecule has 0 saturated heterocycles. The SMILES string of the molecule is CCn1c(-c2nonc2N)nc2c(C(C)(C)O)ncc(OC[C@@H](C)CN)c21. The number of hydrogen-bond donors (Lipinski definition) is 3. The summed E-state index contributed by atoms with van der Waals surface area (Å²) >= 11 is 0. The third kappa shape index (κ3) is 3.45. The molecule has 0 aromatic carbocycles. The number of fused-ring (bicyclic) bond motifs is 1. The summed E-state index contributed by atoms with van der Waals surface area (Å²) in [6.45, 7) is 8.79. The highest BCUT2D eigenvalue weighted by Crippen LogP contribution is 2.36. The molecule has 5 N–H and O–H groups in total. The van der Waals surface area contributed by atoms with Crippen molar-refractivity contribution in [1.29, 1.82) is 0 Å². The topological polar surface area (TPSA) is 151 Å². The maximum absolute atomic E-state index is 10.6. The van der Waals surface area contributed by atoms with Crippen LogP contribution in [-0.2, 0) is 12.1 Å². The molecule has 0 aliphatic carbocycles.